The van der Waals surface area contributed by atoms with Gasteiger partial charge in [-0.3, -0.25) is 15.5 Å². The number of hydrazine groups is 1. The van der Waals surface area contributed by atoms with Crippen molar-refractivity contribution in [1.82, 2.24) is 9.97 Å². The van der Waals surface area contributed by atoms with Gasteiger partial charge in [0.15, 0.2) is 0 Å². The number of benzene rings is 1. The van der Waals surface area contributed by atoms with Gasteiger partial charge in [-0.05, 0) is 6.07 Å². The highest BCUT2D eigenvalue weighted by Gasteiger charge is 2.15. The molecule has 104 valence electrons. The summed E-state index contributed by atoms with van der Waals surface area (Å²) in [7, 11) is 0. The van der Waals surface area contributed by atoms with E-state index in [1.54, 1.807) is 0 Å². The minimum atomic E-state index is -1.03. The Balaban J connectivity index is 2.30. The molecule has 0 saturated heterocycles. The predicted molar refractivity (Wildman–Crippen MR) is 68.0 cm³/mol. The number of nitro benzene ring substituents is 1. The lowest BCUT2D eigenvalue weighted by molar-refractivity contribution is -0.387. The van der Waals surface area contributed by atoms with E-state index in [1.165, 1.54) is 12.3 Å². The molecule has 0 radical (unpaired) electrons. The Morgan fingerprint density at radius 2 is 2.25 bits per heavy atom. The van der Waals surface area contributed by atoms with E-state index < -0.39 is 16.4 Å². The molecule has 0 bridgehead atoms. The molecular weight excluding hydrogens is 293 g/mol. The molecule has 1 aromatic carbocycles. The van der Waals surface area contributed by atoms with Crippen LogP contribution in [0.25, 0.3) is 0 Å². The number of rotatable bonds is 4. The molecule has 0 aliphatic heterocycles. The maximum absolute atomic E-state index is 13.4. The highest BCUT2D eigenvalue weighted by molar-refractivity contribution is 6.31. The van der Waals surface area contributed by atoms with Gasteiger partial charge in [-0.2, -0.15) is 9.37 Å². The van der Waals surface area contributed by atoms with Crippen molar-refractivity contribution in [1.29, 1.82) is 0 Å². The molecule has 0 fully saturated rings. The highest BCUT2D eigenvalue weighted by Crippen LogP contribution is 2.29. The number of hydrogen-bond donors (Lipinski definition) is 2. The number of nitro groups is 1. The standard InChI is InChI=1S/C10H7ClFN5O3/c11-6-4-14-10(16-13)15-9(6)20-5-1-2-8(17(18)19)7(12)3-5/h1-4H,13H2,(H,14,15,16). The maximum atomic E-state index is 13.4. The number of anilines is 1. The lowest BCUT2D eigenvalue weighted by Crippen LogP contribution is -2.10. The molecule has 2 rings (SSSR count). The number of nitrogens with zero attached hydrogens (tertiary/aromatic N) is 3. The summed E-state index contributed by atoms with van der Waals surface area (Å²) >= 11 is 5.80. The molecule has 0 aliphatic carbocycles. The van der Waals surface area contributed by atoms with E-state index in [0.29, 0.717) is 0 Å². The normalized spacial score (nSPS) is 10.2. The van der Waals surface area contributed by atoms with Crippen molar-refractivity contribution in [3.63, 3.8) is 0 Å². The van der Waals surface area contributed by atoms with E-state index >= 15 is 0 Å². The van der Waals surface area contributed by atoms with Gasteiger partial charge in [0.25, 0.3) is 0 Å². The monoisotopic (exact) mass is 299 g/mol. The molecule has 0 aliphatic rings. The second kappa shape index (κ2) is 5.63. The minimum absolute atomic E-state index is 0.00308. The summed E-state index contributed by atoms with van der Waals surface area (Å²) in [4.78, 5) is 17.2. The van der Waals surface area contributed by atoms with Crippen molar-refractivity contribution in [3.8, 4) is 11.6 Å². The topological polar surface area (TPSA) is 116 Å². The molecule has 10 heteroatoms. The third kappa shape index (κ3) is 2.90. The van der Waals surface area contributed by atoms with Crippen molar-refractivity contribution in [3.05, 3.63) is 45.4 Å². The van der Waals surface area contributed by atoms with Crippen molar-refractivity contribution >= 4 is 23.2 Å². The third-order valence-corrected chi connectivity index (χ3v) is 2.43. The first-order chi connectivity index (χ1) is 9.51. The van der Waals surface area contributed by atoms with E-state index in [9.17, 15) is 14.5 Å². The van der Waals surface area contributed by atoms with Crippen LogP contribution in [0.2, 0.25) is 5.02 Å². The smallest absolute Gasteiger partial charge is 0.305 e. The Labute approximate surface area is 116 Å². The number of halogens is 2. The number of nitrogens with two attached hydrogens (primary N) is 1. The number of ether oxygens (including phenoxy) is 1. The third-order valence-electron chi connectivity index (χ3n) is 2.17. The highest BCUT2D eigenvalue weighted by atomic mass is 35.5. The van der Waals surface area contributed by atoms with E-state index in [1.807, 2.05) is 0 Å². The van der Waals surface area contributed by atoms with Gasteiger partial charge in [0.1, 0.15) is 10.8 Å². The van der Waals surface area contributed by atoms with Crippen LogP contribution in [-0.2, 0) is 0 Å². The van der Waals surface area contributed by atoms with E-state index in [2.05, 4.69) is 15.4 Å². The Bertz CT molecular complexity index is 669. The molecule has 1 heterocycles. The fourth-order valence-corrected chi connectivity index (χ4v) is 1.43. The largest absolute Gasteiger partial charge is 0.437 e. The lowest BCUT2D eigenvalue weighted by Gasteiger charge is -2.07. The minimum Gasteiger partial charge on any atom is -0.437 e. The summed E-state index contributed by atoms with van der Waals surface area (Å²) in [5.41, 5.74) is 1.53. The molecule has 3 N–H and O–H groups in total. The first-order valence-electron chi connectivity index (χ1n) is 5.12. The zero-order valence-corrected chi connectivity index (χ0v) is 10.5. The van der Waals surface area contributed by atoms with Crippen molar-refractivity contribution in [2.45, 2.75) is 0 Å². The fraction of sp³-hybridized carbons (Fsp3) is 0. The van der Waals surface area contributed by atoms with Crippen LogP contribution in [-0.4, -0.2) is 14.9 Å². The quantitative estimate of drug-likeness (QED) is 0.505. The van der Waals surface area contributed by atoms with Crippen LogP contribution in [0.1, 0.15) is 0 Å². The molecule has 0 atom stereocenters. The molecule has 2 aromatic rings. The zero-order chi connectivity index (χ0) is 14.7. The van der Waals surface area contributed by atoms with Crippen LogP contribution >= 0.6 is 11.6 Å². The van der Waals surface area contributed by atoms with Gasteiger partial charge < -0.3 is 4.74 Å². The zero-order valence-electron chi connectivity index (χ0n) is 9.71. The van der Waals surface area contributed by atoms with Crippen molar-refractivity contribution in [2.75, 3.05) is 5.43 Å². The maximum Gasteiger partial charge on any atom is 0.305 e. The Kier molecular flexibility index (Phi) is 3.91. The van der Waals surface area contributed by atoms with Crippen LogP contribution in [0.15, 0.2) is 24.4 Å². The number of nitrogen functional groups attached to an aromatic ring is 1. The molecule has 0 saturated carbocycles. The van der Waals surface area contributed by atoms with Crippen molar-refractivity contribution in [2.24, 2.45) is 5.84 Å². The van der Waals surface area contributed by atoms with Gasteiger partial charge in [-0.25, -0.2) is 10.8 Å². The van der Waals surface area contributed by atoms with Gasteiger partial charge in [-0.1, -0.05) is 11.6 Å². The van der Waals surface area contributed by atoms with Gasteiger partial charge in [0, 0.05) is 12.1 Å². The van der Waals surface area contributed by atoms with Crippen LogP contribution in [0.3, 0.4) is 0 Å². The number of nitrogens with one attached hydrogen (secondary N) is 1. The van der Waals surface area contributed by atoms with Crippen LogP contribution in [0.4, 0.5) is 16.0 Å². The molecule has 0 unspecified atom stereocenters. The summed E-state index contributed by atoms with van der Waals surface area (Å²) in [6, 6.07) is 3.04. The molecule has 0 spiro atoms. The fourth-order valence-electron chi connectivity index (χ4n) is 1.30. The Morgan fingerprint density at radius 3 is 2.85 bits per heavy atom. The number of hydrogen-bond acceptors (Lipinski definition) is 7. The Hall–Kier alpha value is -2.52. The first-order valence-corrected chi connectivity index (χ1v) is 5.50. The van der Waals surface area contributed by atoms with Gasteiger partial charge in [0.2, 0.25) is 17.6 Å². The molecule has 20 heavy (non-hydrogen) atoms. The average Bonchev–Trinajstić information content (AvgIpc) is 2.41. The van der Waals surface area contributed by atoms with Crippen LogP contribution < -0.4 is 16.0 Å². The molecule has 1 aromatic heterocycles. The summed E-state index contributed by atoms with van der Waals surface area (Å²) in [5.74, 6) is 4.08. The average molecular weight is 300 g/mol. The second-order valence-corrected chi connectivity index (χ2v) is 3.87. The first kappa shape index (κ1) is 13.9. The van der Waals surface area contributed by atoms with Gasteiger partial charge in [0.05, 0.1) is 11.1 Å². The Morgan fingerprint density at radius 1 is 1.50 bits per heavy atom. The molecular formula is C10H7ClFN5O3. The summed E-state index contributed by atoms with van der Waals surface area (Å²) < 4.78 is 18.7. The SMILES string of the molecule is NNc1ncc(Cl)c(Oc2ccc([N+](=O)[O-])c(F)c2)n1. The molecule has 8 nitrogen and oxygen atoms in total. The number of aromatic nitrogens is 2. The lowest BCUT2D eigenvalue weighted by atomic mass is 10.3. The van der Waals surface area contributed by atoms with Crippen molar-refractivity contribution < 1.29 is 14.1 Å². The predicted octanol–water partition coefficient (Wildman–Crippen LogP) is 2.26. The summed E-state index contributed by atoms with van der Waals surface area (Å²) in [6.45, 7) is 0. The van der Waals surface area contributed by atoms with Crippen LogP contribution in [0.5, 0.6) is 11.6 Å². The van der Waals surface area contributed by atoms with E-state index in [0.717, 1.165) is 12.1 Å². The summed E-state index contributed by atoms with van der Waals surface area (Å²) in [6.07, 6.45) is 1.24. The van der Waals surface area contributed by atoms with Gasteiger partial charge >= 0.3 is 5.69 Å². The second-order valence-electron chi connectivity index (χ2n) is 3.46. The van der Waals surface area contributed by atoms with E-state index in [4.69, 9.17) is 22.2 Å². The summed E-state index contributed by atoms with van der Waals surface area (Å²) in [5, 5.41) is 10.6. The van der Waals surface area contributed by atoms with Gasteiger partial charge in [-0.15, -0.1) is 0 Å². The van der Waals surface area contributed by atoms with Crippen LogP contribution in [0, 0.1) is 15.9 Å². The van der Waals surface area contributed by atoms with E-state index in [-0.39, 0.29) is 22.6 Å². The molecule has 0 amide bonds.